The zero-order valence-corrected chi connectivity index (χ0v) is 17.0. The first-order valence-corrected chi connectivity index (χ1v) is 11.1. The van der Waals surface area contributed by atoms with E-state index in [0.717, 1.165) is 15.4 Å². The van der Waals surface area contributed by atoms with E-state index in [1.165, 1.54) is 0 Å². The van der Waals surface area contributed by atoms with Crippen LogP contribution in [0.4, 0.5) is 0 Å². The van der Waals surface area contributed by atoms with Gasteiger partial charge in [0.05, 0.1) is 10.5 Å². The van der Waals surface area contributed by atoms with Gasteiger partial charge >= 0.3 is 0 Å². The highest BCUT2D eigenvalue weighted by molar-refractivity contribution is 8.01. The Kier molecular flexibility index (Phi) is 5.90. The van der Waals surface area contributed by atoms with E-state index in [9.17, 15) is 9.90 Å². The van der Waals surface area contributed by atoms with Crippen molar-refractivity contribution in [3.63, 3.8) is 0 Å². The Labute approximate surface area is 174 Å². The van der Waals surface area contributed by atoms with Crippen molar-refractivity contribution in [2.24, 2.45) is 0 Å². The van der Waals surface area contributed by atoms with Gasteiger partial charge in [0.25, 0.3) is 0 Å². The third kappa shape index (κ3) is 4.04. The highest BCUT2D eigenvalue weighted by Crippen LogP contribution is 2.50. The van der Waals surface area contributed by atoms with Gasteiger partial charge in [0.2, 0.25) is 0 Å². The number of carbonyl (C=O) groups excluding carboxylic acids is 1. The standard InChI is InChI=1S/C24H22O2S2/c25-19-16-22(27-20-12-6-2-7-13-20)24(26,18-10-4-1-5-11-18)23(17-19)28-21-14-8-3-9-15-21/h1-15,22-23,26H,16-17H2. The number of rotatable bonds is 5. The molecule has 142 valence electrons. The van der Waals surface area contributed by atoms with Gasteiger partial charge < -0.3 is 5.11 Å². The van der Waals surface area contributed by atoms with Crippen LogP contribution in [0.3, 0.4) is 0 Å². The molecular formula is C24H22O2S2. The SMILES string of the molecule is O=C1CC(Sc2ccccc2)C(O)(c2ccccc2)C(Sc2ccccc2)C1. The lowest BCUT2D eigenvalue weighted by molar-refractivity contribution is -0.124. The monoisotopic (exact) mass is 406 g/mol. The summed E-state index contributed by atoms with van der Waals surface area (Å²) in [6.07, 6.45) is 0.744. The van der Waals surface area contributed by atoms with Crippen molar-refractivity contribution in [3.8, 4) is 0 Å². The summed E-state index contributed by atoms with van der Waals surface area (Å²) in [7, 11) is 0. The van der Waals surface area contributed by atoms with Gasteiger partial charge in [-0.05, 0) is 29.8 Å². The first-order valence-electron chi connectivity index (χ1n) is 9.39. The summed E-state index contributed by atoms with van der Waals surface area (Å²) in [6.45, 7) is 0. The van der Waals surface area contributed by atoms with Gasteiger partial charge in [0, 0.05) is 22.6 Å². The van der Waals surface area contributed by atoms with E-state index in [4.69, 9.17) is 0 Å². The van der Waals surface area contributed by atoms with Crippen molar-refractivity contribution in [3.05, 3.63) is 96.6 Å². The molecule has 28 heavy (non-hydrogen) atoms. The van der Waals surface area contributed by atoms with Crippen molar-refractivity contribution in [2.45, 2.75) is 38.7 Å². The van der Waals surface area contributed by atoms with Crippen LogP contribution in [0, 0.1) is 0 Å². The number of ketones is 1. The highest BCUT2D eigenvalue weighted by atomic mass is 32.2. The summed E-state index contributed by atoms with van der Waals surface area (Å²) in [5.74, 6) is 0.211. The van der Waals surface area contributed by atoms with Gasteiger partial charge in [0.1, 0.15) is 11.4 Å². The number of Topliss-reactive ketones (excluding diaryl/α,β-unsaturated/α-hetero) is 1. The lowest BCUT2D eigenvalue weighted by Crippen LogP contribution is -2.51. The molecule has 0 bridgehead atoms. The van der Waals surface area contributed by atoms with Crippen LogP contribution in [0.2, 0.25) is 0 Å². The molecule has 0 aliphatic heterocycles. The average molecular weight is 407 g/mol. The molecule has 0 aromatic heterocycles. The predicted molar refractivity (Wildman–Crippen MR) is 117 cm³/mol. The minimum atomic E-state index is -1.10. The summed E-state index contributed by atoms with van der Waals surface area (Å²) in [5.41, 5.74) is -0.222. The molecule has 2 unspecified atom stereocenters. The van der Waals surface area contributed by atoms with Gasteiger partial charge in [-0.15, -0.1) is 23.5 Å². The van der Waals surface area contributed by atoms with E-state index in [2.05, 4.69) is 0 Å². The lowest BCUT2D eigenvalue weighted by atomic mass is 9.78. The maximum Gasteiger partial charge on any atom is 0.135 e. The maximum absolute atomic E-state index is 12.6. The molecule has 0 radical (unpaired) electrons. The molecule has 0 saturated heterocycles. The Bertz CT molecular complexity index is 860. The van der Waals surface area contributed by atoms with Crippen molar-refractivity contribution in [2.75, 3.05) is 0 Å². The van der Waals surface area contributed by atoms with Gasteiger partial charge in [-0.2, -0.15) is 0 Å². The van der Waals surface area contributed by atoms with Crippen LogP contribution in [0.1, 0.15) is 18.4 Å². The zero-order chi connectivity index (χ0) is 19.4. The first-order chi connectivity index (χ1) is 13.7. The molecule has 3 aromatic rings. The van der Waals surface area contributed by atoms with Gasteiger partial charge in [-0.1, -0.05) is 66.7 Å². The molecule has 4 rings (SSSR count). The van der Waals surface area contributed by atoms with Crippen molar-refractivity contribution in [1.29, 1.82) is 0 Å². The fourth-order valence-electron chi connectivity index (χ4n) is 3.68. The molecule has 1 aliphatic rings. The third-order valence-electron chi connectivity index (χ3n) is 5.09. The molecule has 2 nitrogen and oxygen atoms in total. The van der Waals surface area contributed by atoms with Crippen LogP contribution in [0.25, 0.3) is 0 Å². The topological polar surface area (TPSA) is 37.3 Å². The van der Waals surface area contributed by atoms with Crippen LogP contribution in [-0.4, -0.2) is 21.4 Å². The van der Waals surface area contributed by atoms with Gasteiger partial charge in [-0.25, -0.2) is 0 Å². The highest BCUT2D eigenvalue weighted by Gasteiger charge is 2.51. The van der Waals surface area contributed by atoms with Crippen LogP contribution in [0.15, 0.2) is 101 Å². The second kappa shape index (κ2) is 8.56. The van der Waals surface area contributed by atoms with Crippen LogP contribution in [-0.2, 0) is 10.4 Å². The summed E-state index contributed by atoms with van der Waals surface area (Å²) in [6, 6.07) is 29.9. The van der Waals surface area contributed by atoms with E-state index < -0.39 is 5.60 Å². The number of benzene rings is 3. The Morgan fingerprint density at radius 2 is 1.07 bits per heavy atom. The van der Waals surface area contributed by atoms with E-state index in [0.29, 0.717) is 12.8 Å². The zero-order valence-electron chi connectivity index (χ0n) is 15.4. The van der Waals surface area contributed by atoms with Gasteiger partial charge in [-0.3, -0.25) is 4.79 Å². The molecule has 1 saturated carbocycles. The molecule has 2 atom stereocenters. The van der Waals surface area contributed by atoms with E-state index in [1.807, 2.05) is 91.0 Å². The summed E-state index contributed by atoms with van der Waals surface area (Å²) in [4.78, 5) is 14.8. The summed E-state index contributed by atoms with van der Waals surface area (Å²) < 4.78 is 0. The van der Waals surface area contributed by atoms with E-state index in [1.54, 1.807) is 23.5 Å². The number of aliphatic hydroxyl groups is 1. The molecule has 1 N–H and O–H groups in total. The Morgan fingerprint density at radius 3 is 1.50 bits per heavy atom. The second-order valence-corrected chi connectivity index (χ2v) is 9.53. The smallest absolute Gasteiger partial charge is 0.135 e. The fourth-order valence-corrected chi connectivity index (χ4v) is 6.55. The molecule has 0 heterocycles. The Morgan fingerprint density at radius 1 is 0.679 bits per heavy atom. The van der Waals surface area contributed by atoms with Crippen molar-refractivity contribution in [1.82, 2.24) is 0 Å². The molecule has 0 amide bonds. The number of thioether (sulfide) groups is 2. The number of hydrogen-bond acceptors (Lipinski definition) is 4. The molecule has 1 aliphatic carbocycles. The largest absolute Gasteiger partial charge is 0.383 e. The molecule has 3 aromatic carbocycles. The quantitative estimate of drug-likeness (QED) is 0.602. The van der Waals surface area contributed by atoms with E-state index >= 15 is 0 Å². The third-order valence-corrected chi connectivity index (χ3v) is 7.80. The minimum Gasteiger partial charge on any atom is -0.383 e. The molecule has 0 spiro atoms. The summed E-state index contributed by atoms with van der Waals surface area (Å²) in [5, 5.41) is 11.6. The minimum absolute atomic E-state index is 0.211. The van der Waals surface area contributed by atoms with Gasteiger partial charge in [0.15, 0.2) is 0 Å². The lowest BCUT2D eigenvalue weighted by Gasteiger charge is -2.45. The fraction of sp³-hybridized carbons (Fsp3) is 0.208. The average Bonchev–Trinajstić information content (AvgIpc) is 2.73. The second-order valence-electron chi connectivity index (χ2n) is 6.98. The van der Waals surface area contributed by atoms with Crippen molar-refractivity contribution >= 4 is 29.3 Å². The van der Waals surface area contributed by atoms with Crippen molar-refractivity contribution < 1.29 is 9.90 Å². The Balaban J connectivity index is 1.74. The van der Waals surface area contributed by atoms with Crippen LogP contribution < -0.4 is 0 Å². The normalized spacial score (nSPS) is 24.8. The molecule has 1 fully saturated rings. The first kappa shape index (κ1) is 19.3. The predicted octanol–water partition coefficient (Wildman–Crippen LogP) is 5.56. The Hall–Kier alpha value is -2.01. The number of carbonyl (C=O) groups is 1. The maximum atomic E-state index is 12.6. The summed E-state index contributed by atoms with van der Waals surface area (Å²) >= 11 is 3.20. The van der Waals surface area contributed by atoms with E-state index in [-0.39, 0.29) is 16.3 Å². The molecule has 4 heteroatoms. The van der Waals surface area contributed by atoms with Crippen LogP contribution in [0.5, 0.6) is 0 Å². The number of hydrogen-bond donors (Lipinski definition) is 1. The van der Waals surface area contributed by atoms with Crippen LogP contribution >= 0.6 is 23.5 Å². The molecular weight excluding hydrogens is 384 g/mol.